The highest BCUT2D eigenvalue weighted by Crippen LogP contribution is 2.29. The number of rotatable bonds is 4. The Morgan fingerprint density at radius 2 is 1.75 bits per heavy atom. The smallest absolute Gasteiger partial charge is 0.243 e. The number of hydrogen-bond donors (Lipinski definition) is 1. The van der Waals surface area contributed by atoms with Crippen molar-refractivity contribution in [3.8, 4) is 0 Å². The third-order valence-electron chi connectivity index (χ3n) is 4.96. The van der Waals surface area contributed by atoms with Crippen LogP contribution in [0.25, 0.3) is 0 Å². The Bertz CT molecular complexity index is 1000. The maximum Gasteiger partial charge on any atom is 0.243 e. The van der Waals surface area contributed by atoms with E-state index in [1.807, 2.05) is 13.0 Å². The molecule has 0 spiro atoms. The van der Waals surface area contributed by atoms with Crippen LogP contribution >= 0.6 is 23.2 Å². The predicted molar refractivity (Wildman–Crippen MR) is 112 cm³/mol. The largest absolute Gasteiger partial charge is 0.324 e. The van der Waals surface area contributed by atoms with Crippen LogP contribution in [0.1, 0.15) is 24.0 Å². The zero-order chi connectivity index (χ0) is 20.5. The monoisotopic (exact) mass is 440 g/mol. The van der Waals surface area contributed by atoms with Gasteiger partial charge < -0.3 is 5.32 Å². The highest BCUT2D eigenvalue weighted by atomic mass is 35.5. The van der Waals surface area contributed by atoms with E-state index in [0.29, 0.717) is 46.6 Å². The molecule has 0 atom stereocenters. The molecule has 1 N–H and O–H groups in total. The minimum atomic E-state index is -3.57. The van der Waals surface area contributed by atoms with Crippen LogP contribution in [0.5, 0.6) is 0 Å². The zero-order valence-corrected chi connectivity index (χ0v) is 18.0. The van der Waals surface area contributed by atoms with Gasteiger partial charge in [0, 0.05) is 24.0 Å². The Hall–Kier alpha value is -1.60. The molecular formula is C20H22Cl2N2O3S. The van der Waals surface area contributed by atoms with E-state index in [4.69, 9.17) is 23.2 Å². The minimum Gasteiger partial charge on any atom is -0.324 e. The molecule has 5 nitrogen and oxygen atoms in total. The lowest BCUT2D eigenvalue weighted by atomic mass is 9.97. The van der Waals surface area contributed by atoms with Gasteiger partial charge in [-0.1, -0.05) is 40.9 Å². The Balaban J connectivity index is 1.66. The van der Waals surface area contributed by atoms with E-state index in [9.17, 15) is 13.2 Å². The summed E-state index contributed by atoms with van der Waals surface area (Å²) in [7, 11) is -3.57. The second-order valence-electron chi connectivity index (χ2n) is 7.06. The molecule has 28 heavy (non-hydrogen) atoms. The van der Waals surface area contributed by atoms with Gasteiger partial charge in [0.1, 0.15) is 0 Å². The number of nitrogens with one attached hydrogen (secondary N) is 1. The first kappa shape index (κ1) is 21.1. The SMILES string of the molecule is Cc1ccc(S(=O)(=O)N2CCC(C(=O)Nc3cc(Cl)ccc3Cl)CC2)c(C)c1. The molecule has 1 fully saturated rings. The molecule has 0 aliphatic carbocycles. The minimum absolute atomic E-state index is 0.173. The molecule has 0 bridgehead atoms. The third-order valence-corrected chi connectivity index (χ3v) is 7.58. The van der Waals surface area contributed by atoms with Crippen molar-refractivity contribution >= 4 is 44.8 Å². The van der Waals surface area contributed by atoms with E-state index in [0.717, 1.165) is 11.1 Å². The van der Waals surface area contributed by atoms with Crippen LogP contribution < -0.4 is 5.32 Å². The molecular weight excluding hydrogens is 419 g/mol. The highest BCUT2D eigenvalue weighted by Gasteiger charge is 2.33. The topological polar surface area (TPSA) is 66.5 Å². The second kappa shape index (κ2) is 8.41. The molecule has 1 heterocycles. The molecule has 1 saturated heterocycles. The number of amides is 1. The van der Waals surface area contributed by atoms with Gasteiger partial charge in [0.15, 0.2) is 0 Å². The summed E-state index contributed by atoms with van der Waals surface area (Å²) in [6, 6.07) is 10.2. The Kier molecular flexibility index (Phi) is 6.34. The Labute approximate surface area is 175 Å². The Morgan fingerprint density at radius 3 is 2.39 bits per heavy atom. The second-order valence-corrected chi connectivity index (χ2v) is 9.81. The van der Waals surface area contributed by atoms with Gasteiger partial charge >= 0.3 is 0 Å². The standard InChI is InChI=1S/C20H22Cl2N2O3S/c1-13-3-6-19(14(2)11-13)28(26,27)24-9-7-15(8-10-24)20(25)23-18-12-16(21)4-5-17(18)22/h3-6,11-12,15H,7-10H2,1-2H3,(H,23,25). The van der Waals surface area contributed by atoms with Crippen LogP contribution in [0.3, 0.4) is 0 Å². The number of aryl methyl sites for hydroxylation is 2. The molecule has 1 amide bonds. The lowest BCUT2D eigenvalue weighted by molar-refractivity contribution is -0.120. The van der Waals surface area contributed by atoms with Crippen molar-refractivity contribution in [1.29, 1.82) is 0 Å². The maximum absolute atomic E-state index is 13.0. The fourth-order valence-electron chi connectivity index (χ4n) is 3.41. The van der Waals surface area contributed by atoms with Gasteiger partial charge in [0.2, 0.25) is 15.9 Å². The summed E-state index contributed by atoms with van der Waals surface area (Å²) in [6.45, 7) is 4.34. The van der Waals surface area contributed by atoms with E-state index in [-0.39, 0.29) is 11.8 Å². The average Bonchev–Trinajstić information content (AvgIpc) is 2.64. The van der Waals surface area contributed by atoms with Crippen molar-refractivity contribution in [2.75, 3.05) is 18.4 Å². The Morgan fingerprint density at radius 1 is 1.07 bits per heavy atom. The molecule has 150 valence electrons. The first-order chi connectivity index (χ1) is 13.2. The molecule has 0 aromatic heterocycles. The molecule has 1 aliphatic heterocycles. The van der Waals surface area contributed by atoms with Crippen molar-refractivity contribution in [2.45, 2.75) is 31.6 Å². The molecule has 2 aromatic carbocycles. The van der Waals surface area contributed by atoms with Crippen LogP contribution in [0.2, 0.25) is 10.0 Å². The number of piperidine rings is 1. The number of nitrogens with zero attached hydrogens (tertiary/aromatic N) is 1. The molecule has 0 radical (unpaired) electrons. The van der Waals surface area contributed by atoms with E-state index >= 15 is 0 Å². The van der Waals surface area contributed by atoms with Gasteiger partial charge in [-0.25, -0.2) is 8.42 Å². The van der Waals surface area contributed by atoms with Crippen molar-refractivity contribution in [2.24, 2.45) is 5.92 Å². The van der Waals surface area contributed by atoms with Crippen LogP contribution in [0.15, 0.2) is 41.3 Å². The number of benzene rings is 2. The summed E-state index contributed by atoms with van der Waals surface area (Å²) in [5.41, 5.74) is 2.21. The van der Waals surface area contributed by atoms with Crippen LogP contribution in [0, 0.1) is 19.8 Å². The number of carbonyl (C=O) groups is 1. The molecule has 3 rings (SSSR count). The van der Waals surface area contributed by atoms with Crippen LogP contribution in [-0.4, -0.2) is 31.7 Å². The highest BCUT2D eigenvalue weighted by molar-refractivity contribution is 7.89. The van der Waals surface area contributed by atoms with Crippen molar-refractivity contribution < 1.29 is 13.2 Å². The van der Waals surface area contributed by atoms with Crippen molar-refractivity contribution in [1.82, 2.24) is 4.31 Å². The number of halogens is 2. The summed E-state index contributed by atoms with van der Waals surface area (Å²) in [4.78, 5) is 12.9. The fourth-order valence-corrected chi connectivity index (χ4v) is 5.43. The molecule has 0 unspecified atom stereocenters. The summed E-state index contributed by atoms with van der Waals surface area (Å²) in [6.07, 6.45) is 0.905. The van der Waals surface area contributed by atoms with Gasteiger partial charge in [-0.05, 0) is 56.5 Å². The first-order valence-electron chi connectivity index (χ1n) is 9.02. The van der Waals surface area contributed by atoms with Gasteiger partial charge in [-0.15, -0.1) is 0 Å². The third kappa shape index (κ3) is 4.51. The summed E-state index contributed by atoms with van der Waals surface area (Å²) < 4.78 is 27.4. The fraction of sp³-hybridized carbons (Fsp3) is 0.350. The van der Waals surface area contributed by atoms with Gasteiger partial charge in [-0.3, -0.25) is 4.79 Å². The average molecular weight is 441 g/mol. The van der Waals surface area contributed by atoms with E-state index in [2.05, 4.69) is 5.32 Å². The molecule has 1 aliphatic rings. The molecule has 2 aromatic rings. The lowest BCUT2D eigenvalue weighted by Gasteiger charge is -2.31. The normalized spacial score (nSPS) is 16.1. The summed E-state index contributed by atoms with van der Waals surface area (Å²) >= 11 is 12.0. The number of carbonyl (C=O) groups excluding carboxylic acids is 1. The number of sulfonamides is 1. The number of hydrogen-bond acceptors (Lipinski definition) is 3. The quantitative estimate of drug-likeness (QED) is 0.751. The van der Waals surface area contributed by atoms with E-state index in [1.165, 1.54) is 4.31 Å². The van der Waals surface area contributed by atoms with Gasteiger partial charge in [-0.2, -0.15) is 4.31 Å². The van der Waals surface area contributed by atoms with E-state index < -0.39 is 10.0 Å². The maximum atomic E-state index is 13.0. The van der Waals surface area contributed by atoms with Gasteiger partial charge in [0.05, 0.1) is 15.6 Å². The lowest BCUT2D eigenvalue weighted by Crippen LogP contribution is -2.41. The zero-order valence-electron chi connectivity index (χ0n) is 15.7. The van der Waals surface area contributed by atoms with Crippen LogP contribution in [-0.2, 0) is 14.8 Å². The molecule has 0 saturated carbocycles. The first-order valence-corrected chi connectivity index (χ1v) is 11.2. The van der Waals surface area contributed by atoms with Crippen molar-refractivity contribution in [3.05, 3.63) is 57.6 Å². The molecule has 8 heteroatoms. The van der Waals surface area contributed by atoms with Gasteiger partial charge in [0.25, 0.3) is 0 Å². The summed E-state index contributed by atoms with van der Waals surface area (Å²) in [5, 5.41) is 3.69. The van der Waals surface area contributed by atoms with E-state index in [1.54, 1.807) is 37.3 Å². The van der Waals surface area contributed by atoms with Crippen LogP contribution in [0.4, 0.5) is 5.69 Å². The summed E-state index contributed by atoms with van der Waals surface area (Å²) in [5.74, 6) is -0.451. The van der Waals surface area contributed by atoms with Crippen molar-refractivity contribution in [3.63, 3.8) is 0 Å². The predicted octanol–water partition coefficient (Wildman–Crippen LogP) is 4.65. The number of anilines is 1.